The number of rotatable bonds is 5. The molecule has 1 aliphatic rings. The lowest BCUT2D eigenvalue weighted by Gasteiger charge is -2.14. The fraction of sp³-hybridized carbons (Fsp3) is 0.538. The third-order valence-corrected chi connectivity index (χ3v) is 3.41. The smallest absolute Gasteiger partial charge is 0.340 e. The van der Waals surface area contributed by atoms with E-state index in [9.17, 15) is 4.79 Å². The van der Waals surface area contributed by atoms with E-state index in [1.807, 2.05) is 0 Å². The summed E-state index contributed by atoms with van der Waals surface area (Å²) in [4.78, 5) is 15.6. The molecule has 1 fully saturated rings. The van der Waals surface area contributed by atoms with Crippen molar-refractivity contribution >= 4 is 17.5 Å². The summed E-state index contributed by atoms with van der Waals surface area (Å²) in [5.41, 5.74) is 6.62. The van der Waals surface area contributed by atoms with Crippen molar-refractivity contribution in [3.63, 3.8) is 0 Å². The number of hydrogen-bond donors (Lipinski definition) is 2. The van der Waals surface area contributed by atoms with Crippen LogP contribution in [-0.2, 0) is 4.74 Å². The van der Waals surface area contributed by atoms with Gasteiger partial charge in [-0.1, -0.05) is 6.92 Å². The summed E-state index contributed by atoms with van der Waals surface area (Å²) in [6.07, 6.45) is 4.19. The largest absolute Gasteiger partial charge is 0.465 e. The molecule has 0 bridgehead atoms. The normalized spacial score (nSPS) is 16.1. The van der Waals surface area contributed by atoms with Gasteiger partial charge in [-0.3, -0.25) is 0 Å². The van der Waals surface area contributed by atoms with E-state index in [2.05, 4.69) is 22.0 Å². The molecule has 0 saturated heterocycles. The average Bonchev–Trinajstić information content (AvgIpc) is 3.20. The predicted octanol–water partition coefficient (Wildman–Crippen LogP) is 1.91. The molecule has 1 heterocycles. The standard InChI is InChI=1S/C13H19N3O2/c1-8(9-3-4-9)7-16-12-11(14)10(5-6-15-12)13(17)18-2/h5-6,8-9H,3-4,7,14H2,1-2H3,(H,15,16). The molecule has 5 heteroatoms. The maximum Gasteiger partial charge on any atom is 0.340 e. The highest BCUT2D eigenvalue weighted by Gasteiger charge is 2.27. The van der Waals surface area contributed by atoms with Crippen molar-refractivity contribution in [2.75, 3.05) is 24.7 Å². The van der Waals surface area contributed by atoms with Crippen molar-refractivity contribution in [2.24, 2.45) is 11.8 Å². The Balaban J connectivity index is 2.05. The molecule has 0 radical (unpaired) electrons. The van der Waals surface area contributed by atoms with Crippen LogP contribution in [0.15, 0.2) is 12.3 Å². The lowest BCUT2D eigenvalue weighted by Crippen LogP contribution is -2.16. The van der Waals surface area contributed by atoms with Gasteiger partial charge in [0.15, 0.2) is 0 Å². The number of carbonyl (C=O) groups is 1. The van der Waals surface area contributed by atoms with Crippen LogP contribution in [0.3, 0.4) is 0 Å². The highest BCUT2D eigenvalue weighted by Crippen LogP contribution is 2.36. The molecule has 0 amide bonds. The van der Waals surface area contributed by atoms with E-state index >= 15 is 0 Å². The second-order valence-corrected chi connectivity index (χ2v) is 4.81. The fourth-order valence-corrected chi connectivity index (χ4v) is 1.99. The molecular formula is C13H19N3O2. The molecule has 1 unspecified atom stereocenters. The predicted molar refractivity (Wildman–Crippen MR) is 70.4 cm³/mol. The van der Waals surface area contributed by atoms with Gasteiger partial charge in [-0.15, -0.1) is 0 Å². The molecule has 1 aliphatic carbocycles. The number of nitrogens with one attached hydrogen (secondary N) is 1. The topological polar surface area (TPSA) is 77.2 Å². The number of esters is 1. The van der Waals surface area contributed by atoms with Gasteiger partial charge in [0.1, 0.15) is 5.82 Å². The van der Waals surface area contributed by atoms with Crippen LogP contribution in [-0.4, -0.2) is 24.6 Å². The molecule has 3 N–H and O–H groups in total. The highest BCUT2D eigenvalue weighted by molar-refractivity contribution is 5.97. The van der Waals surface area contributed by atoms with Gasteiger partial charge in [-0.25, -0.2) is 9.78 Å². The first kappa shape index (κ1) is 12.7. The minimum atomic E-state index is -0.437. The maximum atomic E-state index is 11.5. The number of nitrogen functional groups attached to an aromatic ring is 1. The molecule has 18 heavy (non-hydrogen) atoms. The van der Waals surface area contributed by atoms with Gasteiger partial charge in [0.2, 0.25) is 0 Å². The van der Waals surface area contributed by atoms with Gasteiger partial charge < -0.3 is 15.8 Å². The summed E-state index contributed by atoms with van der Waals surface area (Å²) in [6.45, 7) is 3.04. The summed E-state index contributed by atoms with van der Waals surface area (Å²) in [5, 5.41) is 3.21. The Kier molecular flexibility index (Phi) is 3.69. The molecule has 5 nitrogen and oxygen atoms in total. The Morgan fingerprint density at radius 1 is 1.67 bits per heavy atom. The number of nitrogens with zero attached hydrogens (tertiary/aromatic N) is 1. The van der Waals surface area contributed by atoms with Gasteiger partial charge in [0.05, 0.1) is 18.4 Å². The maximum absolute atomic E-state index is 11.5. The first-order valence-electron chi connectivity index (χ1n) is 6.20. The van der Waals surface area contributed by atoms with Crippen LogP contribution >= 0.6 is 0 Å². The van der Waals surface area contributed by atoms with Crippen molar-refractivity contribution in [3.8, 4) is 0 Å². The molecule has 0 spiro atoms. The first-order valence-corrected chi connectivity index (χ1v) is 6.20. The van der Waals surface area contributed by atoms with Crippen molar-refractivity contribution < 1.29 is 9.53 Å². The van der Waals surface area contributed by atoms with E-state index in [-0.39, 0.29) is 0 Å². The molecule has 1 aromatic rings. The Morgan fingerprint density at radius 2 is 2.39 bits per heavy atom. The van der Waals surface area contributed by atoms with E-state index < -0.39 is 5.97 Å². The van der Waals surface area contributed by atoms with Crippen molar-refractivity contribution in [1.29, 1.82) is 0 Å². The van der Waals surface area contributed by atoms with Crippen molar-refractivity contribution in [3.05, 3.63) is 17.8 Å². The molecule has 1 aromatic heterocycles. The van der Waals surface area contributed by atoms with Crippen LogP contribution < -0.4 is 11.1 Å². The zero-order valence-electron chi connectivity index (χ0n) is 10.8. The number of anilines is 2. The minimum Gasteiger partial charge on any atom is -0.465 e. The number of ether oxygens (including phenoxy) is 1. The van der Waals surface area contributed by atoms with E-state index in [0.29, 0.717) is 23.0 Å². The molecule has 98 valence electrons. The van der Waals surface area contributed by atoms with Gasteiger partial charge >= 0.3 is 5.97 Å². The van der Waals surface area contributed by atoms with Crippen LogP contribution in [0.5, 0.6) is 0 Å². The van der Waals surface area contributed by atoms with E-state index in [4.69, 9.17) is 5.73 Å². The number of aromatic nitrogens is 1. The quantitative estimate of drug-likeness (QED) is 0.779. The zero-order chi connectivity index (χ0) is 13.1. The molecular weight excluding hydrogens is 230 g/mol. The SMILES string of the molecule is COC(=O)c1ccnc(NCC(C)C2CC2)c1N. The fourth-order valence-electron chi connectivity index (χ4n) is 1.99. The number of pyridine rings is 1. The minimum absolute atomic E-state index is 0.354. The molecule has 0 aliphatic heterocycles. The van der Waals surface area contributed by atoms with Crippen LogP contribution in [0.2, 0.25) is 0 Å². The van der Waals surface area contributed by atoms with E-state index in [0.717, 1.165) is 12.5 Å². The summed E-state index contributed by atoms with van der Waals surface area (Å²) >= 11 is 0. The number of nitrogens with two attached hydrogens (primary N) is 1. The summed E-state index contributed by atoms with van der Waals surface area (Å²) in [7, 11) is 1.34. The number of hydrogen-bond acceptors (Lipinski definition) is 5. The zero-order valence-corrected chi connectivity index (χ0v) is 10.8. The average molecular weight is 249 g/mol. The van der Waals surface area contributed by atoms with Crippen LogP contribution in [0.25, 0.3) is 0 Å². The Hall–Kier alpha value is -1.78. The molecule has 0 aromatic carbocycles. The lowest BCUT2D eigenvalue weighted by atomic mass is 10.1. The van der Waals surface area contributed by atoms with Gasteiger partial charge in [0, 0.05) is 12.7 Å². The molecule has 2 rings (SSSR count). The van der Waals surface area contributed by atoms with Crippen LogP contribution in [0.4, 0.5) is 11.5 Å². The monoisotopic (exact) mass is 249 g/mol. The summed E-state index contributed by atoms with van der Waals surface area (Å²) < 4.78 is 4.67. The van der Waals surface area contributed by atoms with Crippen molar-refractivity contribution in [2.45, 2.75) is 19.8 Å². The van der Waals surface area contributed by atoms with Crippen LogP contribution in [0, 0.1) is 11.8 Å². The lowest BCUT2D eigenvalue weighted by molar-refractivity contribution is 0.0602. The summed E-state index contributed by atoms with van der Waals surface area (Å²) in [6, 6.07) is 1.57. The first-order chi connectivity index (χ1) is 8.63. The Bertz CT molecular complexity index is 444. The Morgan fingerprint density at radius 3 is 3.00 bits per heavy atom. The second kappa shape index (κ2) is 5.25. The van der Waals surface area contributed by atoms with Crippen LogP contribution in [0.1, 0.15) is 30.1 Å². The number of methoxy groups -OCH3 is 1. The van der Waals surface area contributed by atoms with Gasteiger partial charge in [-0.2, -0.15) is 0 Å². The van der Waals surface area contributed by atoms with Crippen molar-refractivity contribution in [1.82, 2.24) is 4.98 Å². The van der Waals surface area contributed by atoms with E-state index in [1.54, 1.807) is 12.3 Å². The highest BCUT2D eigenvalue weighted by atomic mass is 16.5. The second-order valence-electron chi connectivity index (χ2n) is 4.81. The molecule has 1 atom stereocenters. The third kappa shape index (κ3) is 2.72. The molecule has 1 saturated carbocycles. The van der Waals surface area contributed by atoms with Gasteiger partial charge in [0.25, 0.3) is 0 Å². The van der Waals surface area contributed by atoms with E-state index in [1.165, 1.54) is 20.0 Å². The Labute approximate surface area is 107 Å². The number of carbonyl (C=O) groups excluding carboxylic acids is 1. The third-order valence-electron chi connectivity index (χ3n) is 3.41. The summed E-state index contributed by atoms with van der Waals surface area (Å²) in [5.74, 6) is 1.55. The van der Waals surface area contributed by atoms with Gasteiger partial charge in [-0.05, 0) is 30.7 Å².